The molecule has 0 aromatic heterocycles. The van der Waals surface area contributed by atoms with E-state index in [1.54, 1.807) is 18.3 Å². The Morgan fingerprint density at radius 2 is 1.64 bits per heavy atom. The largest absolute Gasteiger partial charge is 0.271 e. The summed E-state index contributed by atoms with van der Waals surface area (Å²) in [4.78, 5) is 12.3. The van der Waals surface area contributed by atoms with Crippen LogP contribution in [0.25, 0.3) is 0 Å². The maximum Gasteiger partial charge on any atom is 0.260 e. The minimum atomic E-state index is -3.63. The van der Waals surface area contributed by atoms with Crippen LogP contribution in [0.1, 0.15) is 33.4 Å². The van der Waals surface area contributed by atoms with Gasteiger partial charge >= 0.3 is 0 Å². The molecule has 0 spiro atoms. The topological polar surface area (TPSA) is 78.8 Å². The standard InChI is InChI=1S/C21H27N3O3S/c1-14-8-7-9-20(17(14)4)24(28(6,26)27)13-21(25)23-22-12-19-11-10-15(2)16(3)18(19)5/h7-12H,13H2,1-6H3,(H,23,25)/b22-12+. The molecule has 0 radical (unpaired) electrons. The molecule has 0 fully saturated rings. The Hall–Kier alpha value is -2.67. The maximum atomic E-state index is 12.3. The second-order valence-electron chi connectivity index (χ2n) is 7.00. The van der Waals surface area contributed by atoms with Crippen molar-refractivity contribution < 1.29 is 13.2 Å². The van der Waals surface area contributed by atoms with E-state index < -0.39 is 15.9 Å². The molecule has 150 valence electrons. The van der Waals surface area contributed by atoms with E-state index in [1.165, 1.54) is 11.1 Å². The zero-order valence-electron chi connectivity index (χ0n) is 17.2. The summed E-state index contributed by atoms with van der Waals surface area (Å²) in [5.74, 6) is -0.510. The second-order valence-corrected chi connectivity index (χ2v) is 8.91. The van der Waals surface area contributed by atoms with Crippen molar-refractivity contribution >= 4 is 27.8 Å². The molecule has 1 amide bonds. The Kier molecular flexibility index (Phi) is 6.61. The first-order valence-corrected chi connectivity index (χ1v) is 10.8. The molecule has 0 aliphatic heterocycles. The number of hydrazone groups is 1. The lowest BCUT2D eigenvalue weighted by molar-refractivity contribution is -0.119. The first-order chi connectivity index (χ1) is 13.0. The first kappa shape index (κ1) is 21.6. The van der Waals surface area contributed by atoms with Gasteiger partial charge in [0.05, 0.1) is 18.2 Å². The van der Waals surface area contributed by atoms with Crippen LogP contribution in [0.2, 0.25) is 0 Å². The Balaban J connectivity index is 2.17. The summed E-state index contributed by atoms with van der Waals surface area (Å²) in [6.45, 7) is 9.47. The molecule has 2 aromatic carbocycles. The van der Waals surface area contributed by atoms with Crippen molar-refractivity contribution in [2.75, 3.05) is 17.1 Å². The van der Waals surface area contributed by atoms with Gasteiger partial charge in [-0.05, 0) is 74.1 Å². The van der Waals surface area contributed by atoms with Crippen molar-refractivity contribution in [1.29, 1.82) is 0 Å². The summed E-state index contributed by atoms with van der Waals surface area (Å²) in [6, 6.07) is 9.30. The highest BCUT2D eigenvalue weighted by molar-refractivity contribution is 7.92. The van der Waals surface area contributed by atoms with E-state index in [9.17, 15) is 13.2 Å². The predicted molar refractivity (Wildman–Crippen MR) is 114 cm³/mol. The molecule has 2 rings (SSSR count). The molecule has 0 aliphatic carbocycles. The van der Waals surface area contributed by atoms with Crippen LogP contribution in [0.4, 0.5) is 5.69 Å². The van der Waals surface area contributed by atoms with Gasteiger partial charge in [0.1, 0.15) is 6.54 Å². The first-order valence-electron chi connectivity index (χ1n) is 8.95. The number of nitrogens with zero attached hydrogens (tertiary/aromatic N) is 2. The SMILES string of the molecule is Cc1cccc(N(CC(=O)N/N=C/c2ccc(C)c(C)c2C)S(C)(=O)=O)c1C. The molecule has 0 heterocycles. The predicted octanol–water partition coefficient (Wildman–Crippen LogP) is 3.15. The van der Waals surface area contributed by atoms with E-state index in [-0.39, 0.29) is 6.54 Å². The number of anilines is 1. The Morgan fingerprint density at radius 3 is 2.29 bits per heavy atom. The third kappa shape index (κ3) is 4.98. The summed E-state index contributed by atoms with van der Waals surface area (Å²) < 4.78 is 25.6. The number of hydrogen-bond donors (Lipinski definition) is 1. The molecule has 0 atom stereocenters. The van der Waals surface area contributed by atoms with Crippen LogP contribution in [-0.2, 0) is 14.8 Å². The van der Waals surface area contributed by atoms with Crippen molar-refractivity contribution in [2.45, 2.75) is 34.6 Å². The highest BCUT2D eigenvalue weighted by Crippen LogP contribution is 2.24. The van der Waals surface area contributed by atoms with Gasteiger partial charge in [-0.15, -0.1) is 0 Å². The number of aryl methyl sites for hydroxylation is 2. The third-order valence-electron chi connectivity index (χ3n) is 5.03. The Bertz CT molecular complexity index is 1030. The molecule has 0 bridgehead atoms. The van der Waals surface area contributed by atoms with Gasteiger partial charge in [-0.2, -0.15) is 5.10 Å². The van der Waals surface area contributed by atoms with E-state index in [1.807, 2.05) is 52.8 Å². The van der Waals surface area contributed by atoms with Gasteiger partial charge < -0.3 is 0 Å². The minimum absolute atomic E-state index is 0.341. The Labute approximate surface area is 167 Å². The molecule has 0 unspecified atom stereocenters. The summed E-state index contributed by atoms with van der Waals surface area (Å²) >= 11 is 0. The van der Waals surface area contributed by atoms with Crippen molar-refractivity contribution in [3.05, 3.63) is 63.7 Å². The zero-order chi connectivity index (χ0) is 21.1. The number of rotatable bonds is 6. The molecule has 6 nitrogen and oxygen atoms in total. The van der Waals surface area contributed by atoms with Gasteiger partial charge in [0.25, 0.3) is 5.91 Å². The fourth-order valence-electron chi connectivity index (χ4n) is 2.84. The van der Waals surface area contributed by atoms with Gasteiger partial charge in [-0.3, -0.25) is 9.10 Å². The highest BCUT2D eigenvalue weighted by Gasteiger charge is 2.22. The maximum absolute atomic E-state index is 12.3. The lowest BCUT2D eigenvalue weighted by atomic mass is 10.00. The molecular formula is C21H27N3O3S. The van der Waals surface area contributed by atoms with E-state index in [0.29, 0.717) is 5.69 Å². The van der Waals surface area contributed by atoms with Crippen molar-refractivity contribution in [3.8, 4) is 0 Å². The van der Waals surface area contributed by atoms with Crippen molar-refractivity contribution in [3.63, 3.8) is 0 Å². The van der Waals surface area contributed by atoms with Gasteiger partial charge in [0.2, 0.25) is 10.0 Å². The van der Waals surface area contributed by atoms with E-state index >= 15 is 0 Å². The summed E-state index contributed by atoms with van der Waals surface area (Å²) in [5, 5.41) is 4.00. The van der Waals surface area contributed by atoms with Crippen molar-refractivity contribution in [1.82, 2.24) is 5.43 Å². The molecule has 1 N–H and O–H groups in total. The van der Waals surface area contributed by atoms with Gasteiger partial charge in [-0.25, -0.2) is 13.8 Å². The van der Waals surface area contributed by atoms with Gasteiger partial charge in [0, 0.05) is 0 Å². The van der Waals surface area contributed by atoms with Gasteiger partial charge in [-0.1, -0.05) is 24.3 Å². The molecule has 28 heavy (non-hydrogen) atoms. The van der Waals surface area contributed by atoms with Crippen LogP contribution in [0.3, 0.4) is 0 Å². The van der Waals surface area contributed by atoms with Crippen LogP contribution >= 0.6 is 0 Å². The lowest BCUT2D eigenvalue weighted by Gasteiger charge is -2.23. The smallest absolute Gasteiger partial charge is 0.260 e. The fourth-order valence-corrected chi connectivity index (χ4v) is 3.75. The number of amides is 1. The van der Waals surface area contributed by atoms with E-state index in [4.69, 9.17) is 0 Å². The minimum Gasteiger partial charge on any atom is -0.271 e. The lowest BCUT2D eigenvalue weighted by Crippen LogP contribution is -2.39. The summed E-state index contributed by atoms with van der Waals surface area (Å²) in [6.07, 6.45) is 2.66. The summed E-state index contributed by atoms with van der Waals surface area (Å²) in [7, 11) is -3.63. The Morgan fingerprint density at radius 1 is 1.00 bits per heavy atom. The number of hydrogen-bond acceptors (Lipinski definition) is 4. The van der Waals surface area contributed by atoms with Crippen LogP contribution < -0.4 is 9.73 Å². The van der Waals surface area contributed by atoms with Gasteiger partial charge in [0.15, 0.2) is 0 Å². The average Bonchev–Trinajstić information content (AvgIpc) is 2.61. The fraction of sp³-hybridized carbons (Fsp3) is 0.333. The van der Waals surface area contributed by atoms with Crippen LogP contribution in [0.5, 0.6) is 0 Å². The van der Waals surface area contributed by atoms with Crippen LogP contribution in [0, 0.1) is 34.6 Å². The number of sulfonamides is 1. The number of carbonyl (C=O) groups is 1. The van der Waals surface area contributed by atoms with E-state index in [0.717, 1.165) is 32.8 Å². The molecule has 0 saturated heterocycles. The summed E-state index contributed by atoms with van der Waals surface area (Å²) in [5.41, 5.74) is 9.04. The average molecular weight is 402 g/mol. The third-order valence-corrected chi connectivity index (χ3v) is 6.15. The van der Waals surface area contributed by atoms with Crippen LogP contribution in [-0.4, -0.2) is 33.3 Å². The monoisotopic (exact) mass is 401 g/mol. The number of nitrogens with one attached hydrogen (secondary N) is 1. The highest BCUT2D eigenvalue weighted by atomic mass is 32.2. The normalized spacial score (nSPS) is 11.6. The quantitative estimate of drug-likeness (QED) is 0.597. The molecule has 0 aliphatic rings. The molecule has 2 aromatic rings. The molecule has 0 saturated carbocycles. The number of benzene rings is 2. The van der Waals surface area contributed by atoms with E-state index in [2.05, 4.69) is 10.5 Å². The number of carbonyl (C=O) groups excluding carboxylic acids is 1. The molecule has 7 heteroatoms. The van der Waals surface area contributed by atoms with Crippen LogP contribution in [0.15, 0.2) is 35.4 Å². The molecular weight excluding hydrogens is 374 g/mol. The van der Waals surface area contributed by atoms with Crippen molar-refractivity contribution in [2.24, 2.45) is 5.10 Å². The zero-order valence-corrected chi connectivity index (χ0v) is 18.0. The second kappa shape index (κ2) is 8.56.